The summed E-state index contributed by atoms with van der Waals surface area (Å²) in [7, 11) is -3.49. The molecule has 1 aliphatic heterocycles. The van der Waals surface area contributed by atoms with E-state index in [1.807, 2.05) is 6.07 Å². The second-order valence-electron chi connectivity index (χ2n) is 6.57. The van der Waals surface area contributed by atoms with Gasteiger partial charge in [0.15, 0.2) is 0 Å². The van der Waals surface area contributed by atoms with Gasteiger partial charge in [0.1, 0.15) is 0 Å². The van der Waals surface area contributed by atoms with E-state index in [9.17, 15) is 13.2 Å². The number of nitrogens with one attached hydrogen (secondary N) is 1. The van der Waals surface area contributed by atoms with Crippen molar-refractivity contribution in [2.45, 2.75) is 24.7 Å². The van der Waals surface area contributed by atoms with Crippen LogP contribution in [0.1, 0.15) is 30.1 Å². The van der Waals surface area contributed by atoms with Gasteiger partial charge < -0.3 is 5.32 Å². The summed E-state index contributed by atoms with van der Waals surface area (Å²) in [6.45, 7) is 3.19. The predicted octanol–water partition coefficient (Wildman–Crippen LogP) is 4.12. The number of nitrogens with zero attached hydrogens (tertiary/aromatic N) is 1. The van der Waals surface area contributed by atoms with Crippen molar-refractivity contribution < 1.29 is 13.2 Å². The summed E-state index contributed by atoms with van der Waals surface area (Å²) in [6, 6.07) is 13.5. The third-order valence-corrected chi connectivity index (χ3v) is 7.06. The van der Waals surface area contributed by atoms with Crippen molar-refractivity contribution in [1.29, 1.82) is 0 Å². The van der Waals surface area contributed by atoms with Gasteiger partial charge in [-0.25, -0.2) is 8.42 Å². The lowest BCUT2D eigenvalue weighted by Gasteiger charge is -2.30. The molecule has 5 nitrogen and oxygen atoms in total. The van der Waals surface area contributed by atoms with E-state index >= 15 is 0 Å². The highest BCUT2D eigenvalue weighted by Crippen LogP contribution is 2.25. The first kappa shape index (κ1) is 19.1. The van der Waals surface area contributed by atoms with Gasteiger partial charge in [-0.15, -0.1) is 0 Å². The number of sulfonamides is 1. The van der Waals surface area contributed by atoms with E-state index in [2.05, 4.69) is 28.2 Å². The molecule has 0 aromatic heterocycles. The fraction of sp³-hybridized carbons (Fsp3) is 0.316. The zero-order chi connectivity index (χ0) is 18.7. The van der Waals surface area contributed by atoms with Crippen LogP contribution in [-0.4, -0.2) is 31.7 Å². The van der Waals surface area contributed by atoms with Gasteiger partial charge in [0.2, 0.25) is 10.0 Å². The Balaban J connectivity index is 1.74. The van der Waals surface area contributed by atoms with Crippen molar-refractivity contribution in [3.63, 3.8) is 0 Å². The maximum Gasteiger partial charge on any atom is 0.256 e. The Morgan fingerprint density at radius 2 is 1.85 bits per heavy atom. The Morgan fingerprint density at radius 1 is 1.15 bits per heavy atom. The van der Waals surface area contributed by atoms with Crippen LogP contribution in [0.4, 0.5) is 5.69 Å². The first-order valence-electron chi connectivity index (χ1n) is 8.54. The topological polar surface area (TPSA) is 66.5 Å². The second kappa shape index (κ2) is 7.90. The largest absolute Gasteiger partial charge is 0.322 e. The highest BCUT2D eigenvalue weighted by Gasteiger charge is 2.28. The molecule has 7 heteroatoms. The van der Waals surface area contributed by atoms with E-state index in [0.29, 0.717) is 34.7 Å². The van der Waals surface area contributed by atoms with Crippen LogP contribution in [0.25, 0.3) is 0 Å². The average Bonchev–Trinajstić information content (AvgIpc) is 2.62. The third kappa shape index (κ3) is 4.16. The van der Waals surface area contributed by atoms with Crippen LogP contribution in [0.3, 0.4) is 0 Å². The van der Waals surface area contributed by atoms with E-state index < -0.39 is 10.0 Å². The summed E-state index contributed by atoms with van der Waals surface area (Å²) >= 11 is 3.35. The van der Waals surface area contributed by atoms with Gasteiger partial charge in [-0.2, -0.15) is 4.31 Å². The molecule has 3 rings (SSSR count). The first-order valence-corrected chi connectivity index (χ1v) is 10.8. The van der Waals surface area contributed by atoms with Crippen LogP contribution in [0, 0.1) is 5.92 Å². The molecule has 1 fully saturated rings. The molecule has 0 aliphatic carbocycles. The molecule has 0 saturated carbocycles. The summed E-state index contributed by atoms with van der Waals surface area (Å²) < 4.78 is 27.8. The number of piperidine rings is 1. The molecule has 1 saturated heterocycles. The second-order valence-corrected chi connectivity index (χ2v) is 9.36. The molecule has 0 spiro atoms. The Kier molecular flexibility index (Phi) is 5.79. The molecule has 1 heterocycles. The summed E-state index contributed by atoms with van der Waals surface area (Å²) in [6.07, 6.45) is 1.95. The zero-order valence-electron chi connectivity index (χ0n) is 14.5. The fourth-order valence-corrected chi connectivity index (χ4v) is 5.13. The highest BCUT2D eigenvalue weighted by molar-refractivity contribution is 9.10. The van der Waals surface area contributed by atoms with Crippen molar-refractivity contribution in [3.05, 3.63) is 58.6 Å². The minimum atomic E-state index is -3.49. The van der Waals surface area contributed by atoms with Crippen LogP contribution in [0.2, 0.25) is 0 Å². The average molecular weight is 437 g/mol. The Labute approximate surface area is 162 Å². The fourth-order valence-electron chi connectivity index (χ4n) is 3.07. The molecule has 1 N–H and O–H groups in total. The number of anilines is 1. The number of amides is 1. The van der Waals surface area contributed by atoms with Crippen molar-refractivity contribution in [3.8, 4) is 0 Å². The van der Waals surface area contributed by atoms with Gasteiger partial charge in [0.05, 0.1) is 10.5 Å². The van der Waals surface area contributed by atoms with Gasteiger partial charge in [-0.05, 0) is 71.1 Å². The number of hydrogen-bond donors (Lipinski definition) is 1. The van der Waals surface area contributed by atoms with E-state index in [1.165, 1.54) is 0 Å². The number of hydrogen-bond acceptors (Lipinski definition) is 3. The number of benzene rings is 2. The summed E-state index contributed by atoms with van der Waals surface area (Å²) in [5.41, 5.74) is 1.07. The van der Waals surface area contributed by atoms with Gasteiger partial charge >= 0.3 is 0 Å². The maximum absolute atomic E-state index is 12.8. The van der Waals surface area contributed by atoms with Crippen LogP contribution < -0.4 is 5.32 Å². The maximum atomic E-state index is 12.8. The third-order valence-electron chi connectivity index (χ3n) is 4.49. The van der Waals surface area contributed by atoms with Gasteiger partial charge in [-0.1, -0.05) is 19.1 Å². The van der Waals surface area contributed by atoms with E-state index in [-0.39, 0.29) is 10.8 Å². The molecule has 138 valence electrons. The first-order chi connectivity index (χ1) is 12.4. The number of carbonyl (C=O) groups excluding carboxylic acids is 1. The number of carbonyl (C=O) groups is 1. The lowest BCUT2D eigenvalue weighted by molar-refractivity contribution is 0.102. The lowest BCUT2D eigenvalue weighted by Crippen LogP contribution is -2.39. The van der Waals surface area contributed by atoms with Crippen molar-refractivity contribution >= 4 is 37.5 Å². The Hall–Kier alpha value is -1.70. The van der Waals surface area contributed by atoms with Crippen molar-refractivity contribution in [1.82, 2.24) is 4.31 Å². The lowest BCUT2D eigenvalue weighted by atomic mass is 10.0. The minimum Gasteiger partial charge on any atom is -0.322 e. The highest BCUT2D eigenvalue weighted by atomic mass is 79.9. The van der Waals surface area contributed by atoms with Crippen molar-refractivity contribution in [2.24, 2.45) is 5.92 Å². The molecular weight excluding hydrogens is 416 g/mol. The smallest absolute Gasteiger partial charge is 0.256 e. The van der Waals surface area contributed by atoms with E-state index in [4.69, 9.17) is 0 Å². The molecule has 0 bridgehead atoms. The van der Waals surface area contributed by atoms with Crippen LogP contribution in [0.5, 0.6) is 0 Å². The van der Waals surface area contributed by atoms with E-state index in [1.54, 1.807) is 46.8 Å². The van der Waals surface area contributed by atoms with E-state index in [0.717, 1.165) is 12.8 Å². The monoisotopic (exact) mass is 436 g/mol. The van der Waals surface area contributed by atoms with Crippen LogP contribution >= 0.6 is 15.9 Å². The Bertz CT molecular complexity index is 897. The van der Waals surface area contributed by atoms with Crippen LogP contribution in [-0.2, 0) is 10.0 Å². The molecule has 1 amide bonds. The predicted molar refractivity (Wildman–Crippen MR) is 106 cm³/mol. The molecule has 1 atom stereocenters. The summed E-state index contributed by atoms with van der Waals surface area (Å²) in [5.74, 6) is 0.124. The molecule has 2 aromatic rings. The Morgan fingerprint density at radius 3 is 2.50 bits per heavy atom. The zero-order valence-corrected chi connectivity index (χ0v) is 16.9. The van der Waals surface area contributed by atoms with Gasteiger partial charge in [0, 0.05) is 23.2 Å². The molecular formula is C19H21BrN2O3S. The normalized spacial score (nSPS) is 18.5. The summed E-state index contributed by atoms with van der Waals surface area (Å²) in [4.78, 5) is 12.6. The van der Waals surface area contributed by atoms with Crippen molar-refractivity contribution in [2.75, 3.05) is 18.4 Å². The molecule has 26 heavy (non-hydrogen) atoms. The molecule has 0 radical (unpaired) electrons. The summed E-state index contributed by atoms with van der Waals surface area (Å²) in [5, 5.41) is 2.79. The van der Waals surface area contributed by atoms with Gasteiger partial charge in [-0.3, -0.25) is 4.79 Å². The minimum absolute atomic E-state index is 0.252. The SMILES string of the molecule is C[C@H]1CCCN(S(=O)(=O)c2ccc(NC(=O)c3ccccc3Br)cc2)C1. The molecule has 0 unspecified atom stereocenters. The van der Waals surface area contributed by atoms with Gasteiger partial charge in [0.25, 0.3) is 5.91 Å². The quantitative estimate of drug-likeness (QED) is 0.783. The molecule has 1 aliphatic rings. The van der Waals surface area contributed by atoms with Crippen LogP contribution in [0.15, 0.2) is 57.9 Å². The number of rotatable bonds is 4. The molecule has 2 aromatic carbocycles. The standard InChI is InChI=1S/C19H21BrN2O3S/c1-14-5-4-12-22(13-14)26(24,25)16-10-8-15(9-11-16)21-19(23)17-6-2-3-7-18(17)20/h2-3,6-11,14H,4-5,12-13H2,1H3,(H,21,23)/t14-/m0/s1. The number of halogens is 1.